The SMILES string of the molecule is CCCCCCCCC/C=C/C(O)C(COC1OC(CO)C(O)C(O)C1O)NC(=O)CCCCCCCCC/C=C\CCCCCCCCOC(=O)CCCCCCCCCCCCC. The molecule has 0 saturated carbocycles. The Morgan fingerprint density at radius 1 is 0.554 bits per heavy atom. The van der Waals surface area contributed by atoms with E-state index in [4.69, 9.17) is 14.2 Å². The van der Waals surface area contributed by atoms with Crippen LogP contribution in [0.5, 0.6) is 0 Å². The van der Waals surface area contributed by atoms with Gasteiger partial charge in [0.05, 0.1) is 32.0 Å². The molecule has 1 saturated heterocycles. The summed E-state index contributed by atoms with van der Waals surface area (Å²) in [6.07, 6.45) is 41.2. The first kappa shape index (κ1) is 61.2. The van der Waals surface area contributed by atoms with Crippen molar-refractivity contribution in [3.63, 3.8) is 0 Å². The number of aliphatic hydroxyl groups excluding tert-OH is 5. The van der Waals surface area contributed by atoms with Crippen LogP contribution >= 0.6 is 0 Å². The largest absolute Gasteiger partial charge is 0.466 e. The smallest absolute Gasteiger partial charge is 0.305 e. The first-order valence-corrected chi connectivity index (χ1v) is 27.1. The van der Waals surface area contributed by atoms with Crippen molar-refractivity contribution in [2.24, 2.45) is 0 Å². The summed E-state index contributed by atoms with van der Waals surface area (Å²) in [7, 11) is 0. The Morgan fingerprint density at radius 2 is 0.985 bits per heavy atom. The molecule has 1 amide bonds. The predicted octanol–water partition coefficient (Wildman–Crippen LogP) is 11.4. The molecular weight excluding hydrogens is 823 g/mol. The highest BCUT2D eigenvalue weighted by Gasteiger charge is 2.44. The summed E-state index contributed by atoms with van der Waals surface area (Å²) in [5.74, 6) is -0.216. The Labute approximate surface area is 397 Å². The number of amides is 1. The molecule has 0 bridgehead atoms. The lowest BCUT2D eigenvalue weighted by molar-refractivity contribution is -0.302. The van der Waals surface area contributed by atoms with Crippen LogP contribution in [0.3, 0.4) is 0 Å². The van der Waals surface area contributed by atoms with Crippen molar-refractivity contribution in [3.05, 3.63) is 24.3 Å². The van der Waals surface area contributed by atoms with Crippen molar-refractivity contribution in [1.29, 1.82) is 0 Å². The van der Waals surface area contributed by atoms with Gasteiger partial charge < -0.3 is 45.1 Å². The van der Waals surface area contributed by atoms with Crippen molar-refractivity contribution in [3.8, 4) is 0 Å². The highest BCUT2D eigenvalue weighted by molar-refractivity contribution is 5.76. The number of unbranched alkanes of at least 4 members (excludes halogenated alkanes) is 30. The maximum absolute atomic E-state index is 13.0. The minimum Gasteiger partial charge on any atom is -0.466 e. The third kappa shape index (κ3) is 35.0. The Bertz CT molecular complexity index is 1130. The van der Waals surface area contributed by atoms with Crippen LogP contribution in [-0.2, 0) is 23.8 Å². The fourth-order valence-electron chi connectivity index (χ4n) is 8.43. The van der Waals surface area contributed by atoms with Gasteiger partial charge >= 0.3 is 5.97 Å². The summed E-state index contributed by atoms with van der Waals surface area (Å²) in [5, 5.41) is 54.1. The van der Waals surface area contributed by atoms with E-state index in [1.807, 2.05) is 6.08 Å². The maximum Gasteiger partial charge on any atom is 0.305 e. The van der Waals surface area contributed by atoms with Crippen molar-refractivity contribution in [1.82, 2.24) is 5.32 Å². The molecule has 0 spiro atoms. The van der Waals surface area contributed by atoms with E-state index in [1.165, 1.54) is 135 Å². The second-order valence-electron chi connectivity index (χ2n) is 18.9. The monoisotopic (exact) mass is 924 g/mol. The standard InChI is InChI=1S/C54H101NO10/c1-3-5-7-9-11-13-21-26-30-34-38-42-50(59)63-43-39-35-31-27-23-20-18-16-14-15-17-19-22-25-29-33-37-41-49(58)55-46(47(57)40-36-32-28-24-12-10-8-6-4-2)45-64-54-53(62)52(61)51(60)48(44-56)65-54/h14,16,36,40,46-48,51-54,56-57,60-62H,3-13,15,17-35,37-39,41-45H2,1-2H3,(H,55,58)/b16-14-,40-36+. The van der Waals surface area contributed by atoms with Crippen LogP contribution in [0.2, 0.25) is 0 Å². The van der Waals surface area contributed by atoms with Gasteiger partial charge in [-0.15, -0.1) is 0 Å². The summed E-state index contributed by atoms with van der Waals surface area (Å²) in [4.78, 5) is 25.0. The summed E-state index contributed by atoms with van der Waals surface area (Å²) in [6.45, 7) is 4.27. The lowest BCUT2D eigenvalue weighted by Crippen LogP contribution is -2.60. The number of nitrogens with one attached hydrogen (secondary N) is 1. The lowest BCUT2D eigenvalue weighted by Gasteiger charge is -2.40. The zero-order chi connectivity index (χ0) is 47.4. The number of esters is 1. The summed E-state index contributed by atoms with van der Waals surface area (Å²) >= 11 is 0. The number of aliphatic hydroxyl groups is 5. The van der Waals surface area contributed by atoms with Crippen molar-refractivity contribution in [2.75, 3.05) is 19.8 Å². The van der Waals surface area contributed by atoms with Gasteiger partial charge in [-0.3, -0.25) is 9.59 Å². The van der Waals surface area contributed by atoms with E-state index in [0.717, 1.165) is 83.5 Å². The van der Waals surface area contributed by atoms with Crippen LogP contribution in [0.4, 0.5) is 0 Å². The molecule has 7 atom stereocenters. The van der Waals surface area contributed by atoms with Crippen LogP contribution in [0.15, 0.2) is 24.3 Å². The molecule has 11 heteroatoms. The molecule has 1 aliphatic rings. The summed E-state index contributed by atoms with van der Waals surface area (Å²) < 4.78 is 16.6. The molecule has 0 aromatic rings. The highest BCUT2D eigenvalue weighted by atomic mass is 16.7. The van der Waals surface area contributed by atoms with Crippen molar-refractivity contribution < 1.29 is 49.3 Å². The van der Waals surface area contributed by atoms with Crippen LogP contribution < -0.4 is 5.32 Å². The van der Waals surface area contributed by atoms with Gasteiger partial charge in [0.15, 0.2) is 6.29 Å². The van der Waals surface area contributed by atoms with Gasteiger partial charge in [-0.2, -0.15) is 0 Å². The van der Waals surface area contributed by atoms with Gasteiger partial charge in [-0.1, -0.05) is 199 Å². The van der Waals surface area contributed by atoms with E-state index < -0.39 is 49.5 Å². The van der Waals surface area contributed by atoms with Crippen LogP contribution in [0.1, 0.15) is 245 Å². The molecule has 11 nitrogen and oxygen atoms in total. The Morgan fingerprint density at radius 3 is 1.48 bits per heavy atom. The molecule has 0 aromatic heterocycles. The van der Waals surface area contributed by atoms with E-state index in [-0.39, 0.29) is 18.5 Å². The highest BCUT2D eigenvalue weighted by Crippen LogP contribution is 2.23. The second kappa shape index (κ2) is 44.6. The number of allylic oxidation sites excluding steroid dienone is 3. The molecule has 1 rings (SSSR count). The average Bonchev–Trinajstić information content (AvgIpc) is 3.30. The Hall–Kier alpha value is -1.86. The first-order valence-electron chi connectivity index (χ1n) is 27.1. The maximum atomic E-state index is 13.0. The molecule has 7 unspecified atom stereocenters. The van der Waals surface area contributed by atoms with Crippen molar-refractivity contribution in [2.45, 2.75) is 288 Å². The van der Waals surface area contributed by atoms with Gasteiger partial charge in [0.25, 0.3) is 0 Å². The molecular formula is C54H101NO10. The van der Waals surface area contributed by atoms with E-state index >= 15 is 0 Å². The molecule has 65 heavy (non-hydrogen) atoms. The normalized spacial score (nSPS) is 19.9. The van der Waals surface area contributed by atoms with E-state index in [9.17, 15) is 35.1 Å². The number of carbonyl (C=O) groups excluding carboxylic acids is 2. The molecule has 6 N–H and O–H groups in total. The third-order valence-electron chi connectivity index (χ3n) is 12.8. The number of hydrogen-bond donors (Lipinski definition) is 6. The first-order chi connectivity index (χ1) is 31.7. The minimum atomic E-state index is -1.57. The summed E-state index contributed by atoms with van der Waals surface area (Å²) in [6, 6.07) is -0.816. The average molecular weight is 924 g/mol. The molecule has 1 fully saturated rings. The van der Waals surface area contributed by atoms with Crippen LogP contribution in [0.25, 0.3) is 0 Å². The minimum absolute atomic E-state index is 0.0194. The van der Waals surface area contributed by atoms with E-state index in [1.54, 1.807) is 6.08 Å². The zero-order valence-electron chi connectivity index (χ0n) is 41.7. The van der Waals surface area contributed by atoms with Crippen LogP contribution in [-0.4, -0.2) is 100 Å². The molecule has 1 heterocycles. The van der Waals surface area contributed by atoms with Gasteiger partial charge in [0.1, 0.15) is 24.4 Å². The Balaban J connectivity index is 2.10. The number of hydrogen-bond acceptors (Lipinski definition) is 10. The quantitative estimate of drug-likeness (QED) is 0.0196. The van der Waals surface area contributed by atoms with Crippen LogP contribution in [0, 0.1) is 0 Å². The third-order valence-corrected chi connectivity index (χ3v) is 12.8. The number of ether oxygens (including phenoxy) is 3. The van der Waals surface area contributed by atoms with Gasteiger partial charge in [0, 0.05) is 12.8 Å². The molecule has 0 aromatic carbocycles. The zero-order valence-corrected chi connectivity index (χ0v) is 41.7. The molecule has 0 aliphatic carbocycles. The topological polar surface area (TPSA) is 175 Å². The summed E-state index contributed by atoms with van der Waals surface area (Å²) in [5.41, 5.74) is 0. The van der Waals surface area contributed by atoms with Gasteiger partial charge in [-0.05, 0) is 57.8 Å². The van der Waals surface area contributed by atoms with E-state index in [2.05, 4.69) is 31.3 Å². The Kier molecular flexibility index (Phi) is 42.0. The fourth-order valence-corrected chi connectivity index (χ4v) is 8.43. The van der Waals surface area contributed by atoms with E-state index in [0.29, 0.717) is 19.4 Å². The second-order valence-corrected chi connectivity index (χ2v) is 18.9. The van der Waals surface area contributed by atoms with Gasteiger partial charge in [0.2, 0.25) is 5.91 Å². The number of carbonyl (C=O) groups is 2. The van der Waals surface area contributed by atoms with Crippen molar-refractivity contribution >= 4 is 11.9 Å². The fraction of sp³-hybridized carbons (Fsp3) is 0.889. The predicted molar refractivity (Wildman–Crippen MR) is 264 cm³/mol. The molecule has 1 aliphatic heterocycles. The van der Waals surface area contributed by atoms with Gasteiger partial charge in [-0.25, -0.2) is 0 Å². The molecule has 0 radical (unpaired) electrons. The molecule has 382 valence electrons. The number of rotatable bonds is 46. The lowest BCUT2D eigenvalue weighted by atomic mass is 9.99.